The van der Waals surface area contributed by atoms with Gasteiger partial charge in [0.15, 0.2) is 0 Å². The quantitative estimate of drug-likeness (QED) is 0.423. The minimum Gasteiger partial charge on any atom is -0.445 e. The second-order valence-corrected chi connectivity index (χ2v) is 9.36. The van der Waals surface area contributed by atoms with Crippen LogP contribution in [0.25, 0.3) is 0 Å². The van der Waals surface area contributed by atoms with Gasteiger partial charge in [0.2, 0.25) is 0 Å². The van der Waals surface area contributed by atoms with Gasteiger partial charge in [-0.15, -0.1) is 35.3 Å². The highest BCUT2D eigenvalue weighted by molar-refractivity contribution is 7.99. The molecule has 1 saturated heterocycles. The highest BCUT2D eigenvalue weighted by Gasteiger charge is 2.43. The number of hydrogen-bond acceptors (Lipinski definition) is 6. The molecule has 3 nitrogen and oxygen atoms in total. The second-order valence-electron chi connectivity index (χ2n) is 6.72. The molecule has 0 aliphatic carbocycles. The lowest BCUT2D eigenvalue weighted by molar-refractivity contribution is 0.308. The molecule has 0 spiro atoms. The Kier molecular flexibility index (Phi) is 7.62. The zero-order chi connectivity index (χ0) is 20.9. The Morgan fingerprint density at radius 2 is 0.667 bits per heavy atom. The molecule has 0 amide bonds. The number of benzene rings is 3. The molecule has 9 heteroatoms. The standard InChI is InChI=1S/C21H21B3O3S3/c1-28-19-10-4-16(5-11-19)22-25-23(17-6-12-20(29-2)13-7-17)27-24(26-22)18-8-14-21(30-3)15-9-18/h4-15H,1-3H3. The first-order valence-corrected chi connectivity index (χ1v) is 13.3. The molecule has 150 valence electrons. The highest BCUT2D eigenvalue weighted by atomic mass is 32.2. The van der Waals surface area contributed by atoms with Crippen molar-refractivity contribution in [2.24, 2.45) is 0 Å². The van der Waals surface area contributed by atoms with Crippen LogP contribution < -0.4 is 16.4 Å². The highest BCUT2D eigenvalue weighted by Crippen LogP contribution is 2.17. The van der Waals surface area contributed by atoms with Crippen molar-refractivity contribution in [3.63, 3.8) is 0 Å². The Bertz CT molecular complexity index is 823. The molecule has 0 saturated carbocycles. The fraction of sp³-hybridized carbons (Fsp3) is 0.143. The summed E-state index contributed by atoms with van der Waals surface area (Å²) in [7, 11) is -1.53. The van der Waals surface area contributed by atoms with Crippen molar-refractivity contribution in [2.75, 3.05) is 18.8 Å². The normalized spacial score (nSPS) is 14.3. The van der Waals surface area contributed by atoms with Crippen molar-refractivity contribution in [1.82, 2.24) is 0 Å². The molecule has 0 radical (unpaired) electrons. The zero-order valence-electron chi connectivity index (χ0n) is 17.1. The van der Waals surface area contributed by atoms with E-state index in [0.29, 0.717) is 0 Å². The van der Waals surface area contributed by atoms with Gasteiger partial charge in [0, 0.05) is 14.7 Å². The lowest BCUT2D eigenvalue weighted by Gasteiger charge is -2.31. The zero-order valence-corrected chi connectivity index (χ0v) is 19.6. The molecular weight excluding hydrogens is 429 g/mol. The van der Waals surface area contributed by atoms with Gasteiger partial charge in [0.1, 0.15) is 0 Å². The van der Waals surface area contributed by atoms with Crippen LogP contribution in [0.4, 0.5) is 0 Å². The predicted octanol–water partition coefficient (Wildman–Crippen LogP) is 3.40. The predicted molar refractivity (Wildman–Crippen MR) is 134 cm³/mol. The SMILES string of the molecule is CSc1ccc(B2OB(c3ccc(SC)cc3)OB(c3ccc(SC)cc3)O2)cc1. The van der Waals surface area contributed by atoms with E-state index in [1.165, 1.54) is 14.7 Å². The molecule has 0 atom stereocenters. The van der Waals surface area contributed by atoms with Crippen molar-refractivity contribution in [3.8, 4) is 0 Å². The van der Waals surface area contributed by atoms with E-state index in [4.69, 9.17) is 13.7 Å². The molecule has 1 aliphatic heterocycles. The third-order valence-corrected chi connectivity index (χ3v) is 7.14. The molecule has 1 fully saturated rings. The topological polar surface area (TPSA) is 27.7 Å². The fourth-order valence-corrected chi connectivity index (χ4v) is 4.41. The van der Waals surface area contributed by atoms with Crippen LogP contribution in [0.1, 0.15) is 0 Å². The molecule has 30 heavy (non-hydrogen) atoms. The molecular formula is C21H21B3O3S3. The Morgan fingerprint density at radius 1 is 0.433 bits per heavy atom. The largest absolute Gasteiger partial charge is 0.467 e. The molecule has 3 aromatic carbocycles. The fourth-order valence-electron chi connectivity index (χ4n) is 3.19. The summed E-state index contributed by atoms with van der Waals surface area (Å²) in [4.78, 5) is 3.62. The first-order valence-electron chi connectivity index (χ1n) is 9.58. The van der Waals surface area contributed by atoms with Crippen LogP contribution in [0, 0.1) is 0 Å². The van der Waals surface area contributed by atoms with Gasteiger partial charge >= 0.3 is 21.4 Å². The van der Waals surface area contributed by atoms with Crippen LogP contribution in [-0.2, 0) is 13.7 Å². The van der Waals surface area contributed by atoms with Crippen molar-refractivity contribution in [1.29, 1.82) is 0 Å². The van der Waals surface area contributed by atoms with Gasteiger partial charge in [-0.3, -0.25) is 0 Å². The average Bonchev–Trinajstić information content (AvgIpc) is 2.84. The van der Waals surface area contributed by atoms with Crippen molar-refractivity contribution in [3.05, 3.63) is 72.8 Å². The molecule has 0 bridgehead atoms. The van der Waals surface area contributed by atoms with Gasteiger partial charge in [-0.05, 0) is 71.6 Å². The van der Waals surface area contributed by atoms with E-state index in [1.807, 2.05) is 0 Å². The summed E-state index contributed by atoms with van der Waals surface area (Å²) >= 11 is 5.15. The average molecular weight is 450 g/mol. The maximum Gasteiger partial charge on any atom is 0.467 e. The van der Waals surface area contributed by atoms with E-state index in [1.54, 1.807) is 35.3 Å². The van der Waals surface area contributed by atoms with Gasteiger partial charge in [-0.2, -0.15) is 0 Å². The first-order chi connectivity index (χ1) is 14.7. The van der Waals surface area contributed by atoms with Gasteiger partial charge in [0.05, 0.1) is 0 Å². The summed E-state index contributed by atoms with van der Waals surface area (Å²) in [6, 6.07) is 24.9. The minimum atomic E-state index is -0.509. The molecule has 1 aliphatic rings. The monoisotopic (exact) mass is 450 g/mol. The van der Waals surface area contributed by atoms with Crippen LogP contribution in [0.3, 0.4) is 0 Å². The maximum atomic E-state index is 6.24. The summed E-state index contributed by atoms with van der Waals surface area (Å²) in [5.74, 6) is 0. The molecule has 4 rings (SSSR count). The third kappa shape index (κ3) is 5.15. The summed E-state index contributed by atoms with van der Waals surface area (Å²) < 4.78 is 18.7. The van der Waals surface area contributed by atoms with Gasteiger partial charge in [0.25, 0.3) is 0 Å². The second kappa shape index (κ2) is 10.4. The van der Waals surface area contributed by atoms with E-state index < -0.39 is 21.4 Å². The maximum absolute atomic E-state index is 6.24. The smallest absolute Gasteiger partial charge is 0.445 e. The van der Waals surface area contributed by atoms with E-state index in [-0.39, 0.29) is 0 Å². The Morgan fingerprint density at radius 3 is 0.867 bits per heavy atom. The summed E-state index contributed by atoms with van der Waals surface area (Å²) in [6.45, 7) is 0. The Labute approximate surface area is 192 Å². The molecule has 0 N–H and O–H groups in total. The van der Waals surface area contributed by atoms with Crippen LogP contribution in [0.15, 0.2) is 87.5 Å². The molecule has 0 aromatic heterocycles. The van der Waals surface area contributed by atoms with E-state index in [9.17, 15) is 0 Å². The van der Waals surface area contributed by atoms with Gasteiger partial charge < -0.3 is 13.7 Å². The van der Waals surface area contributed by atoms with E-state index in [0.717, 1.165) is 16.4 Å². The number of thioether (sulfide) groups is 3. The van der Waals surface area contributed by atoms with Crippen LogP contribution in [0.5, 0.6) is 0 Å². The van der Waals surface area contributed by atoms with Gasteiger partial charge in [-0.25, -0.2) is 0 Å². The van der Waals surface area contributed by atoms with E-state index in [2.05, 4.69) is 91.6 Å². The summed E-state index contributed by atoms with van der Waals surface area (Å²) in [5, 5.41) is 0. The third-order valence-electron chi connectivity index (χ3n) is 4.91. The number of rotatable bonds is 6. The molecule has 1 heterocycles. The van der Waals surface area contributed by atoms with Crippen molar-refractivity contribution >= 4 is 73.0 Å². The van der Waals surface area contributed by atoms with Crippen LogP contribution in [0.2, 0.25) is 0 Å². The summed E-state index contributed by atoms with van der Waals surface area (Å²) in [5.41, 5.74) is 2.94. The lowest BCUT2D eigenvalue weighted by Crippen LogP contribution is -2.61. The van der Waals surface area contributed by atoms with Crippen molar-refractivity contribution in [2.45, 2.75) is 14.7 Å². The Hall–Kier alpha value is -1.22. The summed E-state index contributed by atoms with van der Waals surface area (Å²) in [6.07, 6.45) is 6.21. The minimum absolute atomic E-state index is 0.509. The van der Waals surface area contributed by atoms with Crippen LogP contribution in [-0.4, -0.2) is 40.1 Å². The Balaban J connectivity index is 1.63. The molecule has 3 aromatic rings. The number of hydrogen-bond donors (Lipinski definition) is 0. The molecule has 0 unspecified atom stereocenters. The first kappa shape index (κ1) is 22.0. The van der Waals surface area contributed by atoms with Crippen molar-refractivity contribution < 1.29 is 13.7 Å². The van der Waals surface area contributed by atoms with Gasteiger partial charge in [-0.1, -0.05) is 36.4 Å². The van der Waals surface area contributed by atoms with E-state index >= 15 is 0 Å². The lowest BCUT2D eigenvalue weighted by atomic mass is 9.61. The van der Waals surface area contributed by atoms with Crippen LogP contribution >= 0.6 is 35.3 Å².